The summed E-state index contributed by atoms with van der Waals surface area (Å²) in [6.45, 7) is 6.34. The number of hydrogen-bond donors (Lipinski definition) is 1. The third-order valence-electron chi connectivity index (χ3n) is 6.74. The van der Waals surface area contributed by atoms with Crippen molar-refractivity contribution in [2.24, 2.45) is 15.2 Å². The summed E-state index contributed by atoms with van der Waals surface area (Å²) in [5.41, 5.74) is 2.41. The number of nitrogens with zero attached hydrogens (tertiary/aromatic N) is 4. The van der Waals surface area contributed by atoms with Crippen molar-refractivity contribution in [1.29, 1.82) is 0 Å². The number of azo groups is 1. The lowest BCUT2D eigenvalue weighted by Gasteiger charge is -2.45. The summed E-state index contributed by atoms with van der Waals surface area (Å²) < 4.78 is 7.30. The van der Waals surface area contributed by atoms with Gasteiger partial charge in [0.05, 0.1) is 17.5 Å². The summed E-state index contributed by atoms with van der Waals surface area (Å²) in [4.78, 5) is 27.6. The smallest absolute Gasteiger partial charge is 0.331 e. The van der Waals surface area contributed by atoms with Crippen molar-refractivity contribution in [2.75, 3.05) is 7.11 Å². The van der Waals surface area contributed by atoms with Gasteiger partial charge in [-0.15, -0.1) is 10.2 Å². The molecule has 0 bridgehead atoms. The zero-order chi connectivity index (χ0) is 26.7. The third-order valence-corrected chi connectivity index (χ3v) is 8.32. The van der Waals surface area contributed by atoms with Crippen LogP contribution in [0.5, 0.6) is 5.88 Å². The molecular formula is C26H22BrClN4O4S. The fourth-order valence-electron chi connectivity index (χ4n) is 5.28. The fraction of sp³-hybridized carbons (Fsp3) is 0.269. The minimum absolute atomic E-state index is 0.0264. The quantitative estimate of drug-likeness (QED) is 0.198. The molecule has 2 aliphatic rings. The summed E-state index contributed by atoms with van der Waals surface area (Å²) in [6, 6.07) is 11.8. The normalized spacial score (nSPS) is 21.7. The molecule has 5 rings (SSSR count). The molecule has 0 saturated carbocycles. The van der Waals surface area contributed by atoms with E-state index in [4.69, 9.17) is 11.6 Å². The molecule has 1 N–H and O–H groups in total. The van der Waals surface area contributed by atoms with Crippen molar-refractivity contribution in [3.8, 4) is 5.88 Å². The van der Waals surface area contributed by atoms with Crippen LogP contribution in [-0.4, -0.2) is 33.8 Å². The van der Waals surface area contributed by atoms with Crippen LogP contribution in [0.25, 0.3) is 10.9 Å². The first kappa shape index (κ1) is 25.7. The van der Waals surface area contributed by atoms with Gasteiger partial charge >= 0.3 is 5.97 Å². The Morgan fingerprint density at radius 2 is 1.95 bits per heavy atom. The second kappa shape index (κ2) is 9.11. The number of methoxy groups -OCH3 is 1. The molecule has 37 heavy (non-hydrogen) atoms. The molecule has 3 heterocycles. The molecule has 0 aliphatic carbocycles. The zero-order valence-corrected chi connectivity index (χ0v) is 23.5. The lowest BCUT2D eigenvalue weighted by Crippen LogP contribution is -2.41. The van der Waals surface area contributed by atoms with Crippen molar-refractivity contribution < 1.29 is 19.4 Å². The maximum absolute atomic E-state index is 12.1. The largest absolute Gasteiger partial charge is 0.493 e. The Hall–Kier alpha value is -2.95. The number of amidine groups is 1. The van der Waals surface area contributed by atoms with Crippen LogP contribution in [0.3, 0.4) is 0 Å². The monoisotopic (exact) mass is 600 g/mol. The molecule has 0 radical (unpaired) electrons. The average Bonchev–Trinajstić information content (AvgIpc) is 3.32. The Bertz CT molecular complexity index is 1580. The van der Waals surface area contributed by atoms with E-state index >= 15 is 0 Å². The van der Waals surface area contributed by atoms with Gasteiger partial charge in [-0.3, -0.25) is 4.79 Å². The molecule has 0 saturated heterocycles. The molecule has 0 spiro atoms. The van der Waals surface area contributed by atoms with Crippen LogP contribution in [0.2, 0.25) is 5.02 Å². The van der Waals surface area contributed by atoms with E-state index < -0.39 is 17.4 Å². The van der Waals surface area contributed by atoms with E-state index in [2.05, 4.69) is 62.7 Å². The van der Waals surface area contributed by atoms with Crippen LogP contribution in [0.15, 0.2) is 67.1 Å². The van der Waals surface area contributed by atoms with Crippen LogP contribution < -0.4 is 0 Å². The highest BCUT2D eigenvalue weighted by molar-refractivity contribution is 9.10. The minimum Gasteiger partial charge on any atom is -0.493 e. The lowest BCUT2D eigenvalue weighted by molar-refractivity contribution is -0.135. The van der Waals surface area contributed by atoms with Crippen molar-refractivity contribution >= 4 is 72.9 Å². The number of ether oxygens (including phenoxy) is 1. The predicted molar refractivity (Wildman–Crippen MR) is 148 cm³/mol. The number of carbonyl (C=O) groups excluding carboxylic acids is 2. The summed E-state index contributed by atoms with van der Waals surface area (Å²) in [5, 5.41) is 21.3. The molecule has 190 valence electrons. The fourth-order valence-corrected chi connectivity index (χ4v) is 6.55. The molecule has 1 amide bonds. The van der Waals surface area contributed by atoms with E-state index in [0.29, 0.717) is 16.8 Å². The second-order valence-electron chi connectivity index (χ2n) is 9.72. The summed E-state index contributed by atoms with van der Waals surface area (Å²) in [6.07, 6.45) is 1.77. The first-order valence-electron chi connectivity index (χ1n) is 11.3. The Balaban J connectivity index is 1.65. The number of halogens is 2. The van der Waals surface area contributed by atoms with Crippen LogP contribution in [0.1, 0.15) is 38.3 Å². The molecule has 8 nitrogen and oxygen atoms in total. The van der Waals surface area contributed by atoms with Gasteiger partial charge in [-0.05, 0) is 67.4 Å². The standard InChI is InChI=1S/C26H22BrClN4O4S/c1-25(2)12-26(3,13-5-7-15(28)8-6-13)17-10-14(27)9-16-20(23(35)32(25)21(16)17)30-31-24-29-22(34)18(37-24)11-19(33)36-4/h5-11,35H,12H2,1-4H3/b18-11-,31-30?. The number of thioether (sulfide) groups is 1. The number of esters is 1. The number of rotatable bonds is 3. The number of aromatic hydroxyl groups is 1. The molecular weight excluding hydrogens is 580 g/mol. The van der Waals surface area contributed by atoms with Gasteiger partial charge in [0.15, 0.2) is 5.69 Å². The predicted octanol–water partition coefficient (Wildman–Crippen LogP) is 6.98. The van der Waals surface area contributed by atoms with E-state index in [9.17, 15) is 14.7 Å². The van der Waals surface area contributed by atoms with Crippen molar-refractivity contribution in [2.45, 2.75) is 38.1 Å². The van der Waals surface area contributed by atoms with Crippen LogP contribution in [-0.2, 0) is 25.3 Å². The molecule has 2 aliphatic heterocycles. The second-order valence-corrected chi connectivity index (χ2v) is 12.1. The van der Waals surface area contributed by atoms with Gasteiger partial charge in [-0.2, -0.15) is 4.99 Å². The van der Waals surface area contributed by atoms with E-state index in [1.165, 1.54) is 7.11 Å². The Kier molecular flexibility index (Phi) is 6.32. The number of carbonyl (C=O) groups is 2. The van der Waals surface area contributed by atoms with E-state index in [1.807, 2.05) is 34.9 Å². The average molecular weight is 602 g/mol. The SMILES string of the molecule is COC(=O)/C=C1\SC(N=Nc2c(O)n3c4c(cc(Br)cc24)C(C)(c2ccc(Cl)cc2)CC3(C)C)=NC1=O. The van der Waals surface area contributed by atoms with Gasteiger partial charge in [0.25, 0.3) is 5.91 Å². The van der Waals surface area contributed by atoms with Gasteiger partial charge in [-0.25, -0.2) is 4.79 Å². The number of hydrogen-bond acceptors (Lipinski definition) is 7. The zero-order valence-electron chi connectivity index (χ0n) is 20.4. The molecule has 1 unspecified atom stereocenters. The number of aliphatic imine (C=N–C) groups is 1. The first-order valence-corrected chi connectivity index (χ1v) is 13.3. The Morgan fingerprint density at radius 3 is 2.62 bits per heavy atom. The molecule has 0 fully saturated rings. The van der Waals surface area contributed by atoms with Crippen molar-refractivity contribution in [1.82, 2.24) is 4.57 Å². The number of benzene rings is 2. The van der Waals surface area contributed by atoms with E-state index in [-0.39, 0.29) is 27.1 Å². The third kappa shape index (κ3) is 4.30. The number of aromatic nitrogens is 1. The summed E-state index contributed by atoms with van der Waals surface area (Å²) in [7, 11) is 1.22. The summed E-state index contributed by atoms with van der Waals surface area (Å²) >= 11 is 10.7. The minimum atomic E-state index is -0.660. The molecule has 11 heteroatoms. The number of amides is 1. The summed E-state index contributed by atoms with van der Waals surface area (Å²) in [5.74, 6) is -1.29. The van der Waals surface area contributed by atoms with Gasteiger partial charge in [-0.1, -0.05) is 46.6 Å². The van der Waals surface area contributed by atoms with Crippen LogP contribution in [0, 0.1) is 0 Å². The lowest BCUT2D eigenvalue weighted by atomic mass is 9.66. The highest BCUT2D eigenvalue weighted by Gasteiger charge is 2.45. The van der Waals surface area contributed by atoms with Crippen LogP contribution >= 0.6 is 39.3 Å². The Labute approximate surface area is 230 Å². The molecule has 3 aromatic rings. The highest BCUT2D eigenvalue weighted by atomic mass is 79.9. The van der Waals surface area contributed by atoms with Gasteiger partial charge in [0.1, 0.15) is 0 Å². The molecule has 1 aromatic heterocycles. The van der Waals surface area contributed by atoms with Gasteiger partial charge in [0.2, 0.25) is 11.0 Å². The highest BCUT2D eigenvalue weighted by Crippen LogP contribution is 2.55. The topological polar surface area (TPSA) is 106 Å². The van der Waals surface area contributed by atoms with Gasteiger partial charge < -0.3 is 14.4 Å². The van der Waals surface area contributed by atoms with Crippen LogP contribution in [0.4, 0.5) is 5.69 Å². The molecule has 2 aromatic carbocycles. The first-order chi connectivity index (χ1) is 17.4. The van der Waals surface area contributed by atoms with E-state index in [1.54, 1.807) is 0 Å². The van der Waals surface area contributed by atoms with E-state index in [0.717, 1.165) is 39.0 Å². The van der Waals surface area contributed by atoms with Crippen molar-refractivity contribution in [3.63, 3.8) is 0 Å². The molecule has 1 atom stereocenters. The Morgan fingerprint density at radius 1 is 1.24 bits per heavy atom. The maximum atomic E-state index is 12.1. The maximum Gasteiger partial charge on any atom is 0.331 e. The van der Waals surface area contributed by atoms with Gasteiger partial charge in [0, 0.05) is 31.9 Å². The van der Waals surface area contributed by atoms with Crippen molar-refractivity contribution in [3.05, 3.63) is 68.0 Å².